The van der Waals surface area contributed by atoms with E-state index in [2.05, 4.69) is 20.4 Å². The number of alkyl halides is 2. The monoisotopic (exact) mass is 393 g/mol. The SMILES string of the molecule is Cc1sc(NC(=O)C2CC23CCNCC3)nc1-c1ccc(OC(F)F)cc1. The molecule has 1 aromatic carbocycles. The number of ether oxygens (including phenoxy) is 1. The Balaban J connectivity index is 1.43. The van der Waals surface area contributed by atoms with Gasteiger partial charge in [0.15, 0.2) is 5.13 Å². The third-order valence-electron chi connectivity index (χ3n) is 5.49. The van der Waals surface area contributed by atoms with Crippen LogP contribution in [0.5, 0.6) is 5.75 Å². The average Bonchev–Trinajstić information content (AvgIpc) is 3.20. The van der Waals surface area contributed by atoms with Crippen molar-refractivity contribution < 1.29 is 18.3 Å². The quantitative estimate of drug-likeness (QED) is 0.805. The number of carbonyl (C=O) groups is 1. The highest BCUT2D eigenvalue weighted by Crippen LogP contribution is 2.58. The van der Waals surface area contributed by atoms with E-state index in [4.69, 9.17) is 0 Å². The van der Waals surface area contributed by atoms with Crippen LogP contribution in [-0.2, 0) is 4.79 Å². The molecule has 1 saturated carbocycles. The predicted octanol–water partition coefficient (Wildman–Crippen LogP) is 4.05. The van der Waals surface area contributed by atoms with E-state index < -0.39 is 6.61 Å². The maximum Gasteiger partial charge on any atom is 0.387 e. The van der Waals surface area contributed by atoms with E-state index in [-0.39, 0.29) is 23.0 Å². The van der Waals surface area contributed by atoms with E-state index in [0.717, 1.165) is 48.5 Å². The maximum absolute atomic E-state index is 12.6. The van der Waals surface area contributed by atoms with Crippen LogP contribution in [0.1, 0.15) is 24.1 Å². The molecule has 1 unspecified atom stereocenters. The van der Waals surface area contributed by atoms with Crippen molar-refractivity contribution in [2.45, 2.75) is 32.8 Å². The largest absolute Gasteiger partial charge is 0.435 e. The minimum Gasteiger partial charge on any atom is -0.435 e. The number of halogens is 2. The average molecular weight is 393 g/mol. The number of rotatable bonds is 5. The first-order valence-electron chi connectivity index (χ1n) is 9.01. The van der Waals surface area contributed by atoms with E-state index in [0.29, 0.717) is 5.13 Å². The molecule has 1 atom stereocenters. The number of nitrogens with zero attached hydrogens (tertiary/aromatic N) is 1. The van der Waals surface area contributed by atoms with Gasteiger partial charge in [-0.25, -0.2) is 4.98 Å². The highest BCUT2D eigenvalue weighted by atomic mass is 32.1. The number of aryl methyl sites for hydroxylation is 1. The maximum atomic E-state index is 12.6. The lowest BCUT2D eigenvalue weighted by molar-refractivity contribution is -0.118. The van der Waals surface area contributed by atoms with E-state index in [9.17, 15) is 13.6 Å². The fourth-order valence-electron chi connectivity index (χ4n) is 3.90. The van der Waals surface area contributed by atoms with Gasteiger partial charge in [-0.15, -0.1) is 11.3 Å². The van der Waals surface area contributed by atoms with Crippen LogP contribution in [0.4, 0.5) is 13.9 Å². The number of carbonyl (C=O) groups excluding carboxylic acids is 1. The number of hydrogen-bond donors (Lipinski definition) is 2. The normalized spacial score (nSPS) is 20.7. The molecule has 2 N–H and O–H groups in total. The summed E-state index contributed by atoms with van der Waals surface area (Å²) in [5.41, 5.74) is 1.73. The number of thiazole rings is 1. The zero-order valence-electron chi connectivity index (χ0n) is 14.9. The van der Waals surface area contributed by atoms with Crippen LogP contribution in [0.2, 0.25) is 0 Å². The van der Waals surface area contributed by atoms with Crippen molar-refractivity contribution >= 4 is 22.4 Å². The molecule has 1 amide bonds. The molecule has 2 aliphatic rings. The fourth-order valence-corrected chi connectivity index (χ4v) is 4.74. The second-order valence-electron chi connectivity index (χ2n) is 7.19. The van der Waals surface area contributed by atoms with Gasteiger partial charge in [0.25, 0.3) is 0 Å². The molecule has 0 bridgehead atoms. The van der Waals surface area contributed by atoms with E-state index in [1.807, 2.05) is 6.92 Å². The molecule has 2 fully saturated rings. The summed E-state index contributed by atoms with van der Waals surface area (Å²) >= 11 is 1.43. The first-order chi connectivity index (χ1) is 13.0. The van der Waals surface area contributed by atoms with Crippen molar-refractivity contribution in [1.82, 2.24) is 10.3 Å². The summed E-state index contributed by atoms with van der Waals surface area (Å²) < 4.78 is 28.9. The lowest BCUT2D eigenvalue weighted by Gasteiger charge is -2.22. The van der Waals surface area contributed by atoms with Crippen LogP contribution in [0.3, 0.4) is 0 Å². The summed E-state index contributed by atoms with van der Waals surface area (Å²) in [5.74, 6) is 0.243. The van der Waals surface area contributed by atoms with Crippen molar-refractivity contribution in [1.29, 1.82) is 0 Å². The van der Waals surface area contributed by atoms with E-state index in [1.165, 1.54) is 23.5 Å². The van der Waals surface area contributed by atoms with Gasteiger partial charge < -0.3 is 15.4 Å². The topological polar surface area (TPSA) is 63.2 Å². The molecule has 1 aromatic heterocycles. The first kappa shape index (κ1) is 18.3. The zero-order chi connectivity index (χ0) is 19.0. The Kier molecular flexibility index (Phi) is 4.86. The van der Waals surface area contributed by atoms with Gasteiger partial charge >= 0.3 is 6.61 Å². The van der Waals surface area contributed by atoms with Gasteiger partial charge in [0.2, 0.25) is 5.91 Å². The molecule has 1 spiro atoms. The smallest absolute Gasteiger partial charge is 0.387 e. The predicted molar refractivity (Wildman–Crippen MR) is 100 cm³/mol. The summed E-state index contributed by atoms with van der Waals surface area (Å²) in [4.78, 5) is 18.1. The zero-order valence-corrected chi connectivity index (χ0v) is 15.7. The van der Waals surface area contributed by atoms with Gasteiger partial charge in [-0.2, -0.15) is 8.78 Å². The van der Waals surface area contributed by atoms with Crippen LogP contribution in [-0.4, -0.2) is 30.6 Å². The third kappa shape index (κ3) is 3.82. The molecule has 2 aromatic rings. The lowest BCUT2D eigenvalue weighted by atomic mass is 9.92. The molecule has 8 heteroatoms. The van der Waals surface area contributed by atoms with E-state index >= 15 is 0 Å². The first-order valence-corrected chi connectivity index (χ1v) is 9.83. The number of aromatic nitrogens is 1. The van der Waals surface area contributed by atoms with Crippen LogP contribution < -0.4 is 15.4 Å². The number of amides is 1. The van der Waals surface area contributed by atoms with Gasteiger partial charge in [-0.3, -0.25) is 4.79 Å². The molecular formula is C19H21F2N3O2S. The molecule has 2 heterocycles. The standard InChI is InChI=1S/C19H21F2N3O2S/c1-11-15(12-2-4-13(5-3-12)26-17(20)21)23-18(27-11)24-16(25)14-10-19(14)6-8-22-9-7-19/h2-5,14,17,22H,6-10H2,1H3,(H,23,24,25). The molecule has 27 heavy (non-hydrogen) atoms. The number of anilines is 1. The Bertz CT molecular complexity index is 832. The Morgan fingerprint density at radius 2 is 2.04 bits per heavy atom. The molecule has 1 saturated heterocycles. The Labute approximate surface area is 160 Å². The third-order valence-corrected chi connectivity index (χ3v) is 6.37. The minimum absolute atomic E-state index is 0.0536. The van der Waals surface area contributed by atoms with Gasteiger partial charge in [0.1, 0.15) is 5.75 Å². The molecule has 1 aliphatic carbocycles. The minimum atomic E-state index is -2.84. The van der Waals surface area contributed by atoms with Crippen molar-refractivity contribution in [2.75, 3.05) is 18.4 Å². The Hall–Kier alpha value is -2.06. The van der Waals surface area contributed by atoms with Crippen LogP contribution in [0, 0.1) is 18.3 Å². The number of benzene rings is 1. The molecule has 1 aliphatic heterocycles. The van der Waals surface area contributed by atoms with Crippen LogP contribution >= 0.6 is 11.3 Å². The molecule has 144 valence electrons. The van der Waals surface area contributed by atoms with Crippen LogP contribution in [0.15, 0.2) is 24.3 Å². The van der Waals surface area contributed by atoms with Crippen molar-refractivity contribution in [3.05, 3.63) is 29.1 Å². The van der Waals surface area contributed by atoms with Crippen LogP contribution in [0.25, 0.3) is 11.3 Å². The Morgan fingerprint density at radius 1 is 1.33 bits per heavy atom. The summed E-state index contributed by atoms with van der Waals surface area (Å²) in [5, 5.41) is 6.89. The number of nitrogens with one attached hydrogen (secondary N) is 2. The summed E-state index contributed by atoms with van der Waals surface area (Å²) in [6, 6.07) is 6.36. The second kappa shape index (κ2) is 7.16. The van der Waals surface area contributed by atoms with Gasteiger partial charge in [-0.1, -0.05) is 0 Å². The summed E-state index contributed by atoms with van der Waals surface area (Å²) in [6.45, 7) is 1.05. The van der Waals surface area contributed by atoms with Crippen molar-refractivity contribution in [3.63, 3.8) is 0 Å². The second-order valence-corrected chi connectivity index (χ2v) is 8.39. The molecular weight excluding hydrogens is 372 g/mol. The van der Waals surface area contributed by atoms with Gasteiger partial charge in [-0.05, 0) is 69.0 Å². The van der Waals surface area contributed by atoms with Crippen molar-refractivity contribution in [3.8, 4) is 17.0 Å². The number of piperidine rings is 1. The summed E-state index contributed by atoms with van der Waals surface area (Å²) in [6.07, 6.45) is 3.07. The lowest BCUT2D eigenvalue weighted by Crippen LogP contribution is -2.31. The molecule has 0 radical (unpaired) electrons. The highest BCUT2D eigenvalue weighted by molar-refractivity contribution is 7.16. The Morgan fingerprint density at radius 3 is 2.70 bits per heavy atom. The van der Waals surface area contributed by atoms with Gasteiger partial charge in [0.05, 0.1) is 5.69 Å². The van der Waals surface area contributed by atoms with Crippen molar-refractivity contribution in [2.24, 2.45) is 11.3 Å². The molecule has 4 rings (SSSR count). The van der Waals surface area contributed by atoms with Gasteiger partial charge in [0, 0.05) is 16.4 Å². The number of hydrogen-bond acceptors (Lipinski definition) is 5. The summed E-state index contributed by atoms with van der Waals surface area (Å²) in [7, 11) is 0. The molecule has 5 nitrogen and oxygen atoms in total. The fraction of sp³-hybridized carbons (Fsp3) is 0.474. The van der Waals surface area contributed by atoms with E-state index in [1.54, 1.807) is 12.1 Å². The highest BCUT2D eigenvalue weighted by Gasteiger charge is 2.57.